The monoisotopic (exact) mass is 262 g/mol. The molecule has 1 aromatic rings. The summed E-state index contributed by atoms with van der Waals surface area (Å²) >= 11 is 0. The molecule has 0 radical (unpaired) electrons. The fraction of sp³-hybridized carbons (Fsp3) is 0.600. The van der Waals surface area contributed by atoms with Crippen molar-refractivity contribution in [3.63, 3.8) is 0 Å². The molecule has 4 nitrogen and oxygen atoms in total. The predicted molar refractivity (Wildman–Crippen MR) is 73.9 cm³/mol. The second kappa shape index (κ2) is 5.49. The number of rotatable bonds is 3. The number of benzene rings is 1. The van der Waals surface area contributed by atoms with Gasteiger partial charge in [-0.1, -0.05) is 18.2 Å². The van der Waals surface area contributed by atoms with Gasteiger partial charge in [0, 0.05) is 5.56 Å². The van der Waals surface area contributed by atoms with Crippen molar-refractivity contribution >= 4 is 0 Å². The Bertz CT molecular complexity index is 450. The molecule has 3 unspecified atom stereocenters. The summed E-state index contributed by atoms with van der Waals surface area (Å²) in [6.45, 7) is 2.91. The SMILES string of the molecule is CC1CCC(C(NN)c2cccc3c2OCCC3)O1. The molecule has 4 heteroatoms. The first-order valence-corrected chi connectivity index (χ1v) is 7.15. The van der Waals surface area contributed by atoms with E-state index in [1.54, 1.807) is 0 Å². The summed E-state index contributed by atoms with van der Waals surface area (Å²) in [5.74, 6) is 6.79. The van der Waals surface area contributed by atoms with Crippen LogP contribution in [0.15, 0.2) is 18.2 Å². The van der Waals surface area contributed by atoms with E-state index in [9.17, 15) is 0 Å². The normalized spacial score (nSPS) is 27.7. The molecule has 1 fully saturated rings. The zero-order chi connectivity index (χ0) is 13.2. The maximum atomic E-state index is 5.96. The van der Waals surface area contributed by atoms with Gasteiger partial charge in [0.05, 0.1) is 24.9 Å². The predicted octanol–water partition coefficient (Wildman–Crippen LogP) is 2.08. The molecule has 3 N–H and O–H groups in total. The van der Waals surface area contributed by atoms with Crippen molar-refractivity contribution in [1.82, 2.24) is 5.43 Å². The van der Waals surface area contributed by atoms with Gasteiger partial charge in [0.2, 0.25) is 0 Å². The summed E-state index contributed by atoms with van der Waals surface area (Å²) < 4.78 is 11.8. The number of hydrogen-bond donors (Lipinski definition) is 2. The Kier molecular flexibility index (Phi) is 3.73. The van der Waals surface area contributed by atoms with E-state index >= 15 is 0 Å². The summed E-state index contributed by atoms with van der Waals surface area (Å²) in [7, 11) is 0. The van der Waals surface area contributed by atoms with E-state index in [0.717, 1.165) is 43.6 Å². The Hall–Kier alpha value is -1.10. The number of hydrazine groups is 1. The van der Waals surface area contributed by atoms with Gasteiger partial charge in [0.1, 0.15) is 5.75 Å². The van der Waals surface area contributed by atoms with Crippen molar-refractivity contribution in [2.75, 3.05) is 6.61 Å². The minimum Gasteiger partial charge on any atom is -0.493 e. The standard InChI is InChI=1S/C15H22N2O2/c1-10-7-8-13(19-10)14(17-16)12-6-2-4-11-5-3-9-18-15(11)12/h2,4,6,10,13-14,17H,3,5,7-9,16H2,1H3. The molecule has 2 aliphatic rings. The van der Waals surface area contributed by atoms with E-state index in [0.29, 0.717) is 6.10 Å². The van der Waals surface area contributed by atoms with Crippen molar-refractivity contribution in [2.45, 2.75) is 50.9 Å². The molecule has 0 amide bonds. The van der Waals surface area contributed by atoms with Crippen LogP contribution < -0.4 is 16.0 Å². The molecule has 0 aliphatic carbocycles. The number of fused-ring (bicyclic) bond motifs is 1. The molecule has 1 saturated heterocycles. The van der Waals surface area contributed by atoms with Crippen LogP contribution in [0.4, 0.5) is 0 Å². The number of nitrogens with two attached hydrogens (primary N) is 1. The second-order valence-corrected chi connectivity index (χ2v) is 5.49. The summed E-state index contributed by atoms with van der Waals surface area (Å²) in [6, 6.07) is 6.34. The molecule has 0 spiro atoms. The summed E-state index contributed by atoms with van der Waals surface area (Å²) in [5.41, 5.74) is 5.35. The number of ether oxygens (including phenoxy) is 2. The van der Waals surface area contributed by atoms with Crippen molar-refractivity contribution in [1.29, 1.82) is 0 Å². The average Bonchev–Trinajstić information content (AvgIpc) is 2.86. The molecule has 3 atom stereocenters. The molecule has 0 saturated carbocycles. The highest BCUT2D eigenvalue weighted by Gasteiger charge is 2.32. The number of aryl methyl sites for hydroxylation is 1. The lowest BCUT2D eigenvalue weighted by atomic mass is 9.94. The largest absolute Gasteiger partial charge is 0.493 e. The van der Waals surface area contributed by atoms with Gasteiger partial charge in [-0.2, -0.15) is 0 Å². The fourth-order valence-electron chi connectivity index (χ4n) is 3.14. The molecule has 3 rings (SSSR count). The molecule has 2 heterocycles. The topological polar surface area (TPSA) is 56.5 Å². The minimum absolute atomic E-state index is 0.0120. The third-order valence-corrected chi connectivity index (χ3v) is 4.12. The maximum absolute atomic E-state index is 5.96. The lowest BCUT2D eigenvalue weighted by molar-refractivity contribution is 0.0308. The molecular formula is C15H22N2O2. The van der Waals surface area contributed by atoms with Gasteiger partial charge in [-0.3, -0.25) is 11.3 Å². The van der Waals surface area contributed by atoms with Crippen LogP contribution in [0.25, 0.3) is 0 Å². The lowest BCUT2D eigenvalue weighted by Gasteiger charge is -2.28. The van der Waals surface area contributed by atoms with Crippen LogP contribution in [-0.4, -0.2) is 18.8 Å². The average molecular weight is 262 g/mol. The van der Waals surface area contributed by atoms with E-state index in [1.807, 2.05) is 0 Å². The Morgan fingerprint density at radius 1 is 1.37 bits per heavy atom. The molecular weight excluding hydrogens is 240 g/mol. The van der Waals surface area contributed by atoms with Crippen LogP contribution in [0, 0.1) is 0 Å². The van der Waals surface area contributed by atoms with Crippen LogP contribution in [-0.2, 0) is 11.2 Å². The van der Waals surface area contributed by atoms with Crippen LogP contribution in [0.3, 0.4) is 0 Å². The van der Waals surface area contributed by atoms with E-state index in [2.05, 4.69) is 30.5 Å². The van der Waals surface area contributed by atoms with Crippen LogP contribution in [0.1, 0.15) is 43.4 Å². The Labute approximate surface area is 114 Å². The van der Waals surface area contributed by atoms with Crippen LogP contribution >= 0.6 is 0 Å². The second-order valence-electron chi connectivity index (χ2n) is 5.49. The first-order chi connectivity index (χ1) is 9.29. The van der Waals surface area contributed by atoms with Gasteiger partial charge in [0.25, 0.3) is 0 Å². The van der Waals surface area contributed by atoms with Gasteiger partial charge >= 0.3 is 0 Å². The van der Waals surface area contributed by atoms with Crippen molar-refractivity contribution in [2.24, 2.45) is 5.84 Å². The van der Waals surface area contributed by atoms with Gasteiger partial charge in [0.15, 0.2) is 0 Å². The van der Waals surface area contributed by atoms with E-state index < -0.39 is 0 Å². The quantitative estimate of drug-likeness (QED) is 0.647. The first kappa shape index (κ1) is 12.9. The number of nitrogens with one attached hydrogen (secondary N) is 1. The lowest BCUT2D eigenvalue weighted by Crippen LogP contribution is -2.37. The summed E-state index contributed by atoms with van der Waals surface area (Å²) in [4.78, 5) is 0. The molecule has 0 aromatic heterocycles. The third-order valence-electron chi connectivity index (χ3n) is 4.12. The molecule has 1 aromatic carbocycles. The molecule has 104 valence electrons. The highest BCUT2D eigenvalue weighted by Crippen LogP contribution is 2.37. The Balaban J connectivity index is 1.91. The maximum Gasteiger partial charge on any atom is 0.127 e. The van der Waals surface area contributed by atoms with E-state index in [-0.39, 0.29) is 12.1 Å². The fourth-order valence-corrected chi connectivity index (χ4v) is 3.14. The van der Waals surface area contributed by atoms with Crippen LogP contribution in [0.2, 0.25) is 0 Å². The van der Waals surface area contributed by atoms with Gasteiger partial charge in [-0.15, -0.1) is 0 Å². The summed E-state index contributed by atoms with van der Waals surface area (Å²) in [6.07, 6.45) is 4.77. The number of para-hydroxylation sites is 1. The van der Waals surface area contributed by atoms with Crippen molar-refractivity contribution < 1.29 is 9.47 Å². The zero-order valence-electron chi connectivity index (χ0n) is 11.4. The van der Waals surface area contributed by atoms with E-state index in [4.69, 9.17) is 15.3 Å². The third kappa shape index (κ3) is 2.48. The minimum atomic E-state index is 0.0120. The van der Waals surface area contributed by atoms with Crippen molar-refractivity contribution in [3.05, 3.63) is 29.3 Å². The van der Waals surface area contributed by atoms with Crippen molar-refractivity contribution in [3.8, 4) is 5.75 Å². The summed E-state index contributed by atoms with van der Waals surface area (Å²) in [5, 5.41) is 0. The van der Waals surface area contributed by atoms with Crippen LogP contribution in [0.5, 0.6) is 5.75 Å². The van der Waals surface area contributed by atoms with Gasteiger partial charge < -0.3 is 9.47 Å². The Morgan fingerprint density at radius 3 is 3.00 bits per heavy atom. The first-order valence-electron chi connectivity index (χ1n) is 7.15. The van der Waals surface area contributed by atoms with E-state index in [1.165, 1.54) is 5.56 Å². The highest BCUT2D eigenvalue weighted by molar-refractivity contribution is 5.45. The smallest absolute Gasteiger partial charge is 0.127 e. The van der Waals surface area contributed by atoms with Gasteiger partial charge in [-0.25, -0.2) is 0 Å². The highest BCUT2D eigenvalue weighted by atomic mass is 16.5. The van der Waals surface area contributed by atoms with Gasteiger partial charge in [-0.05, 0) is 38.2 Å². The molecule has 0 bridgehead atoms. The number of hydrogen-bond acceptors (Lipinski definition) is 4. The zero-order valence-corrected chi connectivity index (χ0v) is 11.4. The molecule has 2 aliphatic heterocycles. The molecule has 19 heavy (non-hydrogen) atoms. The Morgan fingerprint density at radius 2 is 2.26 bits per heavy atom.